The molecule has 0 aliphatic carbocycles. The van der Waals surface area contributed by atoms with Crippen molar-refractivity contribution in [2.24, 2.45) is 0 Å². The molecule has 1 aromatic heterocycles. The zero-order chi connectivity index (χ0) is 18.2. The van der Waals surface area contributed by atoms with Gasteiger partial charge in [0.25, 0.3) is 0 Å². The molecule has 0 aliphatic rings. The summed E-state index contributed by atoms with van der Waals surface area (Å²) in [6, 6.07) is 8.47. The van der Waals surface area contributed by atoms with Crippen molar-refractivity contribution in [3.05, 3.63) is 47.4 Å². The molecule has 7 nitrogen and oxygen atoms in total. The summed E-state index contributed by atoms with van der Waals surface area (Å²) in [5.74, 6) is 0.804. The van der Waals surface area contributed by atoms with Crippen LogP contribution in [0, 0.1) is 0 Å². The highest BCUT2D eigenvalue weighted by molar-refractivity contribution is 5.86. The number of hydrogen-bond donors (Lipinski definition) is 0. The van der Waals surface area contributed by atoms with Gasteiger partial charge in [-0.1, -0.05) is 0 Å². The van der Waals surface area contributed by atoms with Crippen LogP contribution in [0.2, 0.25) is 0 Å². The van der Waals surface area contributed by atoms with E-state index >= 15 is 0 Å². The Morgan fingerprint density at radius 3 is 2.28 bits per heavy atom. The smallest absolute Gasteiger partial charge is 0.373 e. The molecular formula is C18H20O7. The third-order valence-corrected chi connectivity index (χ3v) is 3.45. The standard InChI is InChI=1S/C18H20O7/c1-21-14-8-12(9-15(10-14)22-2)4-7-17(19)24-11-13-5-6-16(25-13)18(20)23-3/h5-6,8-10H,4,7,11H2,1-3H3. The molecule has 0 amide bonds. The number of ether oxygens (including phenoxy) is 4. The summed E-state index contributed by atoms with van der Waals surface area (Å²) in [5, 5.41) is 0. The Kier molecular flexibility index (Phi) is 6.45. The van der Waals surface area contributed by atoms with E-state index in [2.05, 4.69) is 4.74 Å². The van der Waals surface area contributed by atoms with E-state index in [4.69, 9.17) is 18.6 Å². The van der Waals surface area contributed by atoms with Gasteiger partial charge in [-0.3, -0.25) is 4.79 Å². The van der Waals surface area contributed by atoms with E-state index in [1.165, 1.54) is 13.2 Å². The van der Waals surface area contributed by atoms with Crippen LogP contribution in [0.5, 0.6) is 11.5 Å². The van der Waals surface area contributed by atoms with E-state index < -0.39 is 5.97 Å². The maximum absolute atomic E-state index is 11.9. The molecule has 134 valence electrons. The topological polar surface area (TPSA) is 84.2 Å². The van der Waals surface area contributed by atoms with Crippen molar-refractivity contribution in [1.29, 1.82) is 0 Å². The van der Waals surface area contributed by atoms with Crippen LogP contribution in [0.3, 0.4) is 0 Å². The third kappa shape index (κ3) is 5.27. The monoisotopic (exact) mass is 348 g/mol. The Labute approximate surface area is 145 Å². The minimum absolute atomic E-state index is 0.0444. The number of hydrogen-bond acceptors (Lipinski definition) is 7. The molecule has 0 atom stereocenters. The molecule has 1 aromatic carbocycles. The van der Waals surface area contributed by atoms with Crippen LogP contribution in [-0.2, 0) is 27.3 Å². The number of furan rings is 1. The third-order valence-electron chi connectivity index (χ3n) is 3.45. The first-order valence-corrected chi connectivity index (χ1v) is 7.60. The Morgan fingerprint density at radius 2 is 1.68 bits per heavy atom. The van der Waals surface area contributed by atoms with Gasteiger partial charge in [0.15, 0.2) is 0 Å². The Balaban J connectivity index is 1.84. The highest BCUT2D eigenvalue weighted by Gasteiger charge is 2.13. The molecule has 0 fully saturated rings. The van der Waals surface area contributed by atoms with E-state index in [-0.39, 0.29) is 24.8 Å². The van der Waals surface area contributed by atoms with Crippen LogP contribution in [0.1, 0.15) is 28.3 Å². The highest BCUT2D eigenvalue weighted by Crippen LogP contribution is 2.23. The van der Waals surface area contributed by atoms with Crippen molar-refractivity contribution in [3.63, 3.8) is 0 Å². The lowest BCUT2D eigenvalue weighted by molar-refractivity contribution is -0.145. The van der Waals surface area contributed by atoms with Crippen molar-refractivity contribution in [1.82, 2.24) is 0 Å². The molecule has 25 heavy (non-hydrogen) atoms. The number of rotatable bonds is 8. The van der Waals surface area contributed by atoms with Crippen LogP contribution in [0.25, 0.3) is 0 Å². The maximum atomic E-state index is 11.9. The summed E-state index contributed by atoms with van der Waals surface area (Å²) >= 11 is 0. The fraction of sp³-hybridized carbons (Fsp3) is 0.333. The summed E-state index contributed by atoms with van der Waals surface area (Å²) in [6.45, 7) is -0.0444. The average Bonchev–Trinajstić information content (AvgIpc) is 3.12. The Hall–Kier alpha value is -2.96. The minimum atomic E-state index is -0.579. The molecule has 2 rings (SSSR count). The lowest BCUT2D eigenvalue weighted by atomic mass is 10.1. The lowest BCUT2D eigenvalue weighted by Gasteiger charge is -2.08. The van der Waals surface area contributed by atoms with Crippen molar-refractivity contribution in [3.8, 4) is 11.5 Å². The molecular weight excluding hydrogens is 328 g/mol. The second-order valence-corrected chi connectivity index (χ2v) is 5.14. The largest absolute Gasteiger partial charge is 0.497 e. The van der Waals surface area contributed by atoms with E-state index in [0.717, 1.165) is 5.56 Å². The van der Waals surface area contributed by atoms with E-state index in [9.17, 15) is 9.59 Å². The summed E-state index contributed by atoms with van der Waals surface area (Å²) in [5.41, 5.74) is 0.902. The van der Waals surface area contributed by atoms with Crippen molar-refractivity contribution < 1.29 is 33.0 Å². The number of aryl methyl sites for hydroxylation is 1. The van der Waals surface area contributed by atoms with Gasteiger partial charge in [-0.05, 0) is 36.2 Å². The van der Waals surface area contributed by atoms with E-state index in [1.54, 1.807) is 26.4 Å². The molecule has 0 unspecified atom stereocenters. The zero-order valence-electron chi connectivity index (χ0n) is 14.4. The summed E-state index contributed by atoms with van der Waals surface area (Å²) in [7, 11) is 4.40. The fourth-order valence-electron chi connectivity index (χ4n) is 2.15. The average molecular weight is 348 g/mol. The SMILES string of the molecule is COC(=O)c1ccc(COC(=O)CCc2cc(OC)cc(OC)c2)o1. The van der Waals surface area contributed by atoms with Crippen LogP contribution in [0.15, 0.2) is 34.7 Å². The van der Waals surface area contributed by atoms with Crippen LogP contribution in [-0.4, -0.2) is 33.3 Å². The summed E-state index contributed by atoms with van der Waals surface area (Å²) in [6.07, 6.45) is 0.679. The minimum Gasteiger partial charge on any atom is -0.497 e. The molecule has 7 heteroatoms. The number of benzene rings is 1. The number of methoxy groups -OCH3 is 3. The first-order valence-electron chi connectivity index (χ1n) is 7.60. The van der Waals surface area contributed by atoms with Gasteiger partial charge < -0.3 is 23.4 Å². The van der Waals surface area contributed by atoms with Gasteiger partial charge in [-0.15, -0.1) is 0 Å². The summed E-state index contributed by atoms with van der Waals surface area (Å²) in [4.78, 5) is 23.2. The Morgan fingerprint density at radius 1 is 1.00 bits per heavy atom. The molecule has 2 aromatic rings. The van der Waals surface area contributed by atoms with Crippen molar-refractivity contribution in [2.75, 3.05) is 21.3 Å². The van der Waals surface area contributed by atoms with Gasteiger partial charge in [-0.25, -0.2) is 4.79 Å². The van der Waals surface area contributed by atoms with Crippen molar-refractivity contribution >= 4 is 11.9 Å². The second-order valence-electron chi connectivity index (χ2n) is 5.14. The first kappa shape index (κ1) is 18.4. The highest BCUT2D eigenvalue weighted by atomic mass is 16.6. The van der Waals surface area contributed by atoms with Crippen LogP contribution < -0.4 is 9.47 Å². The number of esters is 2. The predicted molar refractivity (Wildman–Crippen MR) is 87.7 cm³/mol. The van der Waals surface area contributed by atoms with Crippen LogP contribution in [0.4, 0.5) is 0 Å². The van der Waals surface area contributed by atoms with Crippen LogP contribution >= 0.6 is 0 Å². The van der Waals surface area contributed by atoms with Gasteiger partial charge in [0, 0.05) is 12.5 Å². The zero-order valence-corrected chi connectivity index (χ0v) is 14.4. The predicted octanol–water partition coefficient (Wildman–Crippen LogP) is 2.76. The van der Waals surface area contributed by atoms with Gasteiger partial charge in [-0.2, -0.15) is 0 Å². The fourth-order valence-corrected chi connectivity index (χ4v) is 2.15. The molecule has 0 saturated carbocycles. The Bertz CT molecular complexity index is 711. The maximum Gasteiger partial charge on any atom is 0.373 e. The van der Waals surface area contributed by atoms with Crippen molar-refractivity contribution in [2.45, 2.75) is 19.4 Å². The summed E-state index contributed by atoms with van der Waals surface area (Å²) < 4.78 is 25.3. The van der Waals surface area contributed by atoms with Gasteiger partial charge in [0.1, 0.15) is 23.9 Å². The first-order chi connectivity index (χ1) is 12.0. The normalized spacial score (nSPS) is 10.2. The molecule has 0 bridgehead atoms. The molecule has 1 heterocycles. The molecule has 0 saturated heterocycles. The molecule has 0 N–H and O–H groups in total. The number of carbonyl (C=O) groups excluding carboxylic acids is 2. The second kappa shape index (κ2) is 8.77. The van der Waals surface area contributed by atoms with Gasteiger partial charge in [0.2, 0.25) is 5.76 Å². The molecule has 0 spiro atoms. The lowest BCUT2D eigenvalue weighted by Crippen LogP contribution is -2.06. The van der Waals surface area contributed by atoms with Gasteiger partial charge >= 0.3 is 11.9 Å². The molecule has 0 aliphatic heterocycles. The van der Waals surface area contributed by atoms with E-state index in [1.807, 2.05) is 12.1 Å². The quantitative estimate of drug-likeness (QED) is 0.678. The van der Waals surface area contributed by atoms with Gasteiger partial charge in [0.05, 0.1) is 21.3 Å². The number of carbonyl (C=O) groups is 2. The molecule has 0 radical (unpaired) electrons. The van der Waals surface area contributed by atoms with E-state index in [0.29, 0.717) is 23.7 Å².